The Bertz CT molecular complexity index is 392. The molecule has 0 heterocycles. The first-order valence-electron chi connectivity index (χ1n) is 4.75. The highest BCUT2D eigenvalue weighted by Gasteiger charge is 2.19. The fourth-order valence-electron chi connectivity index (χ4n) is 1.52. The van der Waals surface area contributed by atoms with Crippen LogP contribution in [0.3, 0.4) is 0 Å². The Kier molecular flexibility index (Phi) is 3.97. The molecule has 1 atom stereocenters. The van der Waals surface area contributed by atoms with Gasteiger partial charge in [0.15, 0.2) is 0 Å². The lowest BCUT2D eigenvalue weighted by Gasteiger charge is -2.24. The summed E-state index contributed by atoms with van der Waals surface area (Å²) in [6, 6.07) is 5.10. The van der Waals surface area contributed by atoms with Crippen LogP contribution in [0.2, 0.25) is 0 Å². The van der Waals surface area contributed by atoms with Crippen molar-refractivity contribution in [2.75, 3.05) is 7.05 Å². The van der Waals surface area contributed by atoms with Gasteiger partial charge in [0.2, 0.25) is 0 Å². The number of carboxylic acid groups (broad SMARTS) is 1. The lowest BCUT2D eigenvalue weighted by Crippen LogP contribution is -2.44. The maximum Gasteiger partial charge on any atom is 0.336 e. The third-order valence-electron chi connectivity index (χ3n) is 2.30. The molecule has 0 saturated heterocycles. The molecule has 0 aliphatic rings. The molecule has 6 heteroatoms. The second-order valence-corrected chi connectivity index (χ2v) is 3.63. The Hall–Kier alpha value is -1.47. The molecule has 1 aromatic carbocycles. The fraction of sp³-hybridized carbons (Fsp3) is 0.300. The first-order chi connectivity index (χ1) is 7.47. The van der Waals surface area contributed by atoms with E-state index in [4.69, 9.17) is 16.8 Å². The van der Waals surface area contributed by atoms with Gasteiger partial charge in [0, 0.05) is 12.6 Å². The van der Waals surface area contributed by atoms with Gasteiger partial charge in [-0.1, -0.05) is 17.7 Å². The molecule has 0 amide bonds. The van der Waals surface area contributed by atoms with Crippen molar-refractivity contribution in [3.63, 3.8) is 0 Å². The van der Waals surface area contributed by atoms with E-state index in [0.717, 1.165) is 5.56 Å². The van der Waals surface area contributed by atoms with E-state index in [-0.39, 0.29) is 5.56 Å². The number of nitrogens with two attached hydrogens (primary N) is 2. The minimum Gasteiger partial charge on any atom is -0.478 e. The SMILES string of the molecule is Cc1ccc(C(NN)N(C)N)c(C(=O)O)c1. The summed E-state index contributed by atoms with van der Waals surface area (Å²) < 4.78 is 0. The van der Waals surface area contributed by atoms with Crippen molar-refractivity contribution in [1.29, 1.82) is 0 Å². The summed E-state index contributed by atoms with van der Waals surface area (Å²) >= 11 is 0. The van der Waals surface area contributed by atoms with Gasteiger partial charge in [-0.25, -0.2) is 15.2 Å². The fourth-order valence-corrected chi connectivity index (χ4v) is 1.52. The molecular weight excluding hydrogens is 208 g/mol. The summed E-state index contributed by atoms with van der Waals surface area (Å²) in [6.45, 7) is 1.83. The van der Waals surface area contributed by atoms with Gasteiger partial charge in [0.1, 0.15) is 6.17 Å². The number of hydrogen-bond donors (Lipinski definition) is 4. The second kappa shape index (κ2) is 5.04. The Morgan fingerprint density at radius 1 is 1.56 bits per heavy atom. The molecule has 0 saturated carbocycles. The normalized spacial score (nSPS) is 12.8. The van der Waals surface area contributed by atoms with Crippen molar-refractivity contribution in [3.05, 3.63) is 34.9 Å². The van der Waals surface area contributed by atoms with Gasteiger partial charge in [-0.3, -0.25) is 11.7 Å². The monoisotopic (exact) mass is 224 g/mol. The zero-order chi connectivity index (χ0) is 12.3. The predicted molar refractivity (Wildman–Crippen MR) is 60.2 cm³/mol. The molecule has 1 rings (SSSR count). The summed E-state index contributed by atoms with van der Waals surface area (Å²) in [6.07, 6.45) is -0.535. The average molecular weight is 224 g/mol. The molecule has 0 spiro atoms. The molecule has 1 aromatic rings. The Labute approximate surface area is 93.8 Å². The molecule has 0 aliphatic carbocycles. The molecule has 0 aromatic heterocycles. The van der Waals surface area contributed by atoms with Gasteiger partial charge in [-0.05, 0) is 13.0 Å². The molecule has 6 nitrogen and oxygen atoms in total. The number of aryl methyl sites for hydroxylation is 1. The number of hydrogen-bond acceptors (Lipinski definition) is 5. The highest BCUT2D eigenvalue weighted by Crippen LogP contribution is 2.20. The van der Waals surface area contributed by atoms with Crippen LogP contribution in [0, 0.1) is 6.92 Å². The van der Waals surface area contributed by atoms with Gasteiger partial charge >= 0.3 is 5.97 Å². The van der Waals surface area contributed by atoms with E-state index < -0.39 is 12.1 Å². The number of carboxylic acids is 1. The van der Waals surface area contributed by atoms with Crippen LogP contribution in [0.25, 0.3) is 0 Å². The van der Waals surface area contributed by atoms with E-state index in [0.29, 0.717) is 5.56 Å². The van der Waals surface area contributed by atoms with Crippen molar-refractivity contribution < 1.29 is 9.90 Å². The van der Waals surface area contributed by atoms with Crippen molar-refractivity contribution >= 4 is 5.97 Å². The lowest BCUT2D eigenvalue weighted by molar-refractivity contribution is 0.0692. The summed E-state index contributed by atoms with van der Waals surface area (Å²) in [5.74, 6) is 9.93. The topological polar surface area (TPSA) is 105 Å². The summed E-state index contributed by atoms with van der Waals surface area (Å²) in [5.41, 5.74) is 4.07. The van der Waals surface area contributed by atoms with E-state index in [1.165, 1.54) is 5.01 Å². The van der Waals surface area contributed by atoms with Gasteiger partial charge < -0.3 is 5.11 Å². The molecule has 88 valence electrons. The van der Waals surface area contributed by atoms with Gasteiger partial charge in [-0.2, -0.15) is 0 Å². The smallest absolute Gasteiger partial charge is 0.336 e. The van der Waals surface area contributed by atoms with Crippen molar-refractivity contribution in [2.45, 2.75) is 13.1 Å². The predicted octanol–water partition coefficient (Wildman–Crippen LogP) is -0.0394. The number of benzene rings is 1. The number of hydrazine groups is 2. The summed E-state index contributed by atoms with van der Waals surface area (Å²) in [7, 11) is 1.61. The second-order valence-electron chi connectivity index (χ2n) is 3.63. The quantitative estimate of drug-likeness (QED) is 0.325. The van der Waals surface area contributed by atoms with Gasteiger partial charge in [0.25, 0.3) is 0 Å². The molecule has 0 radical (unpaired) electrons. The third kappa shape index (κ3) is 2.56. The Morgan fingerprint density at radius 3 is 2.62 bits per heavy atom. The number of rotatable bonds is 4. The molecule has 1 unspecified atom stereocenters. The first kappa shape index (κ1) is 12.6. The van der Waals surface area contributed by atoms with E-state index in [1.807, 2.05) is 13.0 Å². The minimum atomic E-state index is -0.999. The zero-order valence-corrected chi connectivity index (χ0v) is 9.27. The van der Waals surface area contributed by atoms with Crippen LogP contribution in [0.5, 0.6) is 0 Å². The summed E-state index contributed by atoms with van der Waals surface area (Å²) in [5, 5.41) is 10.4. The first-order valence-corrected chi connectivity index (χ1v) is 4.75. The molecule has 6 N–H and O–H groups in total. The highest BCUT2D eigenvalue weighted by molar-refractivity contribution is 5.89. The number of nitrogens with one attached hydrogen (secondary N) is 1. The lowest BCUT2D eigenvalue weighted by atomic mass is 10.0. The molecule has 0 fully saturated rings. The maximum atomic E-state index is 11.1. The van der Waals surface area contributed by atoms with E-state index in [9.17, 15) is 4.79 Å². The number of nitrogens with zero attached hydrogens (tertiary/aromatic N) is 1. The molecule has 0 bridgehead atoms. The molecule has 0 aliphatic heterocycles. The van der Waals surface area contributed by atoms with E-state index in [2.05, 4.69) is 5.43 Å². The number of aromatic carboxylic acids is 1. The van der Waals surface area contributed by atoms with Gasteiger partial charge in [0.05, 0.1) is 5.56 Å². The standard InChI is InChI=1S/C10H16N4O2/c1-6-3-4-7(8(5-6)10(15)16)9(13-11)14(2)12/h3-5,9,13H,11-12H2,1-2H3,(H,15,16). The average Bonchev–Trinajstić information content (AvgIpc) is 2.20. The van der Waals surface area contributed by atoms with Crippen LogP contribution in [-0.4, -0.2) is 23.1 Å². The molecule has 16 heavy (non-hydrogen) atoms. The number of carbonyl (C=O) groups is 1. The van der Waals surface area contributed by atoms with Crippen molar-refractivity contribution in [2.24, 2.45) is 11.7 Å². The van der Waals surface area contributed by atoms with Crippen LogP contribution < -0.4 is 17.1 Å². The Morgan fingerprint density at radius 2 is 2.19 bits per heavy atom. The van der Waals surface area contributed by atoms with Gasteiger partial charge in [-0.15, -0.1) is 0 Å². The zero-order valence-electron chi connectivity index (χ0n) is 9.27. The largest absolute Gasteiger partial charge is 0.478 e. The van der Waals surface area contributed by atoms with Crippen LogP contribution in [-0.2, 0) is 0 Å². The highest BCUT2D eigenvalue weighted by atomic mass is 16.4. The van der Waals surface area contributed by atoms with Crippen molar-refractivity contribution in [1.82, 2.24) is 10.4 Å². The minimum absolute atomic E-state index is 0.195. The van der Waals surface area contributed by atoms with Crippen LogP contribution in [0.15, 0.2) is 18.2 Å². The maximum absolute atomic E-state index is 11.1. The Balaban J connectivity index is 3.26. The van der Waals surface area contributed by atoms with E-state index >= 15 is 0 Å². The van der Waals surface area contributed by atoms with Crippen molar-refractivity contribution in [3.8, 4) is 0 Å². The van der Waals surface area contributed by atoms with Crippen LogP contribution >= 0.6 is 0 Å². The third-order valence-corrected chi connectivity index (χ3v) is 2.30. The van der Waals surface area contributed by atoms with Crippen LogP contribution in [0.1, 0.15) is 27.7 Å². The van der Waals surface area contributed by atoms with Crippen LogP contribution in [0.4, 0.5) is 0 Å². The summed E-state index contributed by atoms with van der Waals surface area (Å²) in [4.78, 5) is 11.1. The van der Waals surface area contributed by atoms with E-state index in [1.54, 1.807) is 19.2 Å². The molecular formula is C10H16N4O2.